The van der Waals surface area contributed by atoms with Gasteiger partial charge in [0.25, 0.3) is 0 Å². The Hall–Kier alpha value is -1.64. The Labute approximate surface area is 105 Å². The highest BCUT2D eigenvalue weighted by Crippen LogP contribution is 2.29. The molecule has 1 aromatic rings. The molecule has 0 aliphatic carbocycles. The first-order valence-corrected chi connectivity index (χ1v) is 5.27. The average Bonchev–Trinajstić information content (AvgIpc) is 2.31. The molecule has 1 aromatic carbocycles. The average molecular weight is 330 g/mol. The van der Waals surface area contributed by atoms with Crippen LogP contribution in [0.5, 0.6) is 5.75 Å². The van der Waals surface area contributed by atoms with Crippen molar-refractivity contribution in [3.8, 4) is 5.75 Å². The molecular weight excluding hydrogens is 328 g/mol. The first-order chi connectivity index (χ1) is 8.31. The van der Waals surface area contributed by atoms with E-state index in [1.165, 1.54) is 0 Å². The second kappa shape index (κ2) is 5.34. The summed E-state index contributed by atoms with van der Waals surface area (Å²) in [6.07, 6.45) is 0. The molecule has 0 N–H and O–H groups in total. The molecule has 0 radical (unpaired) electrons. The van der Waals surface area contributed by atoms with Crippen LogP contribution in [-0.2, 0) is 4.79 Å². The Balaban J connectivity index is 3.48. The van der Waals surface area contributed by atoms with Gasteiger partial charge in [0.1, 0.15) is 5.33 Å². The van der Waals surface area contributed by atoms with E-state index >= 15 is 0 Å². The molecule has 0 heterocycles. The minimum Gasteiger partial charge on any atom is -0.545 e. The molecule has 0 saturated heterocycles. The van der Waals surface area contributed by atoms with Gasteiger partial charge in [-0.1, -0.05) is 15.9 Å². The van der Waals surface area contributed by atoms with Gasteiger partial charge in [-0.25, -0.2) is 8.78 Å². The molecule has 0 aliphatic rings. The Kier molecular flexibility index (Phi) is 4.28. The summed E-state index contributed by atoms with van der Waals surface area (Å²) in [5.41, 5.74) is -1.91. The zero-order chi connectivity index (χ0) is 14.0. The van der Waals surface area contributed by atoms with E-state index in [9.17, 15) is 32.3 Å². The first kappa shape index (κ1) is 14.4. The van der Waals surface area contributed by atoms with E-state index in [2.05, 4.69) is 20.7 Å². The van der Waals surface area contributed by atoms with E-state index in [0.717, 1.165) is 0 Å². The predicted octanol–water partition coefficient (Wildman–Crippen LogP) is 0.907. The molecule has 4 nitrogen and oxygen atoms in total. The Bertz CT molecular complexity index is 503. The van der Waals surface area contributed by atoms with Crippen molar-refractivity contribution < 1.29 is 37.0 Å². The van der Waals surface area contributed by atoms with Crippen LogP contribution in [0.1, 0.15) is 10.4 Å². The van der Waals surface area contributed by atoms with Gasteiger partial charge in [-0.05, 0) is 0 Å². The number of alkyl halides is 1. The van der Waals surface area contributed by atoms with Crippen molar-refractivity contribution in [3.63, 3.8) is 0 Å². The van der Waals surface area contributed by atoms with Crippen molar-refractivity contribution in [2.75, 3.05) is 5.33 Å². The van der Waals surface area contributed by atoms with Gasteiger partial charge < -0.3 is 14.6 Å². The van der Waals surface area contributed by atoms with Gasteiger partial charge in [-0.15, -0.1) is 0 Å². The van der Waals surface area contributed by atoms with Crippen LogP contribution >= 0.6 is 15.9 Å². The Morgan fingerprint density at radius 2 is 1.50 bits per heavy atom. The maximum absolute atomic E-state index is 13.2. The minimum atomic E-state index is -2.44. The van der Waals surface area contributed by atoms with Crippen LogP contribution in [0, 0.1) is 23.3 Å². The molecule has 98 valence electrons. The summed E-state index contributed by atoms with van der Waals surface area (Å²) < 4.78 is 56.6. The molecule has 0 aromatic heterocycles. The van der Waals surface area contributed by atoms with Crippen molar-refractivity contribution in [1.29, 1.82) is 0 Å². The fourth-order valence-corrected chi connectivity index (χ4v) is 1.14. The quantitative estimate of drug-likeness (QED) is 0.272. The van der Waals surface area contributed by atoms with Crippen LogP contribution in [0.25, 0.3) is 0 Å². The SMILES string of the molecule is O=C(CBr)Oc1c(F)c(F)c(C(=O)[O-])c(F)c1F. The molecule has 0 amide bonds. The van der Waals surface area contributed by atoms with Gasteiger partial charge >= 0.3 is 5.97 Å². The molecular formula is C9H2BrF4O4-. The minimum absolute atomic E-state index is 0.489. The molecule has 18 heavy (non-hydrogen) atoms. The van der Waals surface area contributed by atoms with Crippen molar-refractivity contribution in [3.05, 3.63) is 28.8 Å². The van der Waals surface area contributed by atoms with Gasteiger partial charge in [0, 0.05) is 0 Å². The number of carbonyl (C=O) groups is 2. The largest absolute Gasteiger partial charge is 0.545 e. The summed E-state index contributed by atoms with van der Waals surface area (Å²) in [4.78, 5) is 21.0. The van der Waals surface area contributed by atoms with Gasteiger partial charge in [0.15, 0.2) is 11.6 Å². The molecule has 0 unspecified atom stereocenters. The van der Waals surface area contributed by atoms with Gasteiger partial charge in [-0.2, -0.15) is 8.78 Å². The molecule has 0 aliphatic heterocycles. The summed E-state index contributed by atoms with van der Waals surface area (Å²) in [5, 5.41) is 9.81. The van der Waals surface area contributed by atoms with Crippen LogP contribution < -0.4 is 9.84 Å². The van der Waals surface area contributed by atoms with Gasteiger partial charge in [0.2, 0.25) is 17.4 Å². The van der Waals surface area contributed by atoms with Crippen LogP contribution in [0.3, 0.4) is 0 Å². The predicted molar refractivity (Wildman–Crippen MR) is 50.0 cm³/mol. The number of carboxylic acid groups (broad SMARTS) is 1. The van der Waals surface area contributed by atoms with Crippen LogP contribution in [0.2, 0.25) is 0 Å². The number of carboxylic acids is 1. The zero-order valence-corrected chi connectivity index (χ0v) is 9.82. The van der Waals surface area contributed by atoms with E-state index in [1.54, 1.807) is 0 Å². The molecule has 0 atom stereocenters. The van der Waals surface area contributed by atoms with Crippen molar-refractivity contribution in [2.24, 2.45) is 0 Å². The number of carbonyl (C=O) groups excluding carboxylic acids is 2. The Morgan fingerprint density at radius 3 is 1.83 bits per heavy atom. The molecule has 0 saturated carbocycles. The van der Waals surface area contributed by atoms with Crippen molar-refractivity contribution >= 4 is 27.9 Å². The van der Waals surface area contributed by atoms with Crippen LogP contribution in [0.15, 0.2) is 0 Å². The lowest BCUT2D eigenvalue weighted by molar-refractivity contribution is -0.255. The molecule has 9 heteroatoms. The number of esters is 1. The number of hydrogen-bond acceptors (Lipinski definition) is 4. The van der Waals surface area contributed by atoms with Crippen molar-refractivity contribution in [2.45, 2.75) is 0 Å². The normalized spacial score (nSPS) is 10.3. The summed E-state index contributed by atoms with van der Waals surface area (Å²) in [6.45, 7) is 0. The summed E-state index contributed by atoms with van der Waals surface area (Å²) in [6, 6.07) is 0. The summed E-state index contributed by atoms with van der Waals surface area (Å²) in [7, 11) is 0. The smallest absolute Gasteiger partial charge is 0.322 e. The number of ether oxygens (including phenoxy) is 1. The van der Waals surface area contributed by atoms with E-state index in [4.69, 9.17) is 0 Å². The lowest BCUT2D eigenvalue weighted by Crippen LogP contribution is -2.27. The highest BCUT2D eigenvalue weighted by molar-refractivity contribution is 9.09. The maximum atomic E-state index is 13.2. The third-order valence-corrected chi connectivity index (χ3v) is 2.21. The summed E-state index contributed by atoms with van der Waals surface area (Å²) in [5.74, 6) is -14.0. The van der Waals surface area contributed by atoms with E-state index < -0.39 is 51.9 Å². The number of hydrogen-bond donors (Lipinski definition) is 0. The zero-order valence-electron chi connectivity index (χ0n) is 8.23. The fourth-order valence-electron chi connectivity index (χ4n) is 1.02. The third-order valence-electron chi connectivity index (χ3n) is 1.75. The highest BCUT2D eigenvalue weighted by Gasteiger charge is 2.28. The van der Waals surface area contributed by atoms with Gasteiger partial charge in [0.05, 0.1) is 11.5 Å². The second-order valence-corrected chi connectivity index (χ2v) is 3.42. The first-order valence-electron chi connectivity index (χ1n) is 4.15. The second-order valence-electron chi connectivity index (χ2n) is 2.86. The number of aromatic carboxylic acids is 1. The molecule has 0 fully saturated rings. The fraction of sp³-hybridized carbons (Fsp3) is 0.111. The van der Waals surface area contributed by atoms with E-state index in [0.29, 0.717) is 0 Å². The van der Waals surface area contributed by atoms with E-state index in [-0.39, 0.29) is 0 Å². The third kappa shape index (κ3) is 2.45. The standard InChI is InChI=1S/C9H3BrF4O4/c10-1-2(15)18-8-6(13)4(11)3(9(16)17)5(12)7(8)14/h1H2,(H,16,17)/p-1. The molecule has 0 spiro atoms. The monoisotopic (exact) mass is 329 g/mol. The van der Waals surface area contributed by atoms with Gasteiger partial charge in [-0.3, -0.25) is 4.79 Å². The molecule has 1 rings (SSSR count). The lowest BCUT2D eigenvalue weighted by Gasteiger charge is -2.11. The number of rotatable bonds is 3. The topological polar surface area (TPSA) is 66.4 Å². The highest BCUT2D eigenvalue weighted by atomic mass is 79.9. The van der Waals surface area contributed by atoms with E-state index in [1.807, 2.05) is 0 Å². The van der Waals surface area contributed by atoms with Crippen molar-refractivity contribution in [1.82, 2.24) is 0 Å². The maximum Gasteiger partial charge on any atom is 0.322 e. The van der Waals surface area contributed by atoms with Crippen LogP contribution in [-0.4, -0.2) is 17.3 Å². The molecule has 0 bridgehead atoms. The lowest BCUT2D eigenvalue weighted by atomic mass is 10.1. The van der Waals surface area contributed by atoms with Crippen LogP contribution in [0.4, 0.5) is 17.6 Å². The number of halogens is 5. The Morgan fingerprint density at radius 1 is 1.06 bits per heavy atom. The number of benzene rings is 1. The summed E-state index contributed by atoms with van der Waals surface area (Å²) >= 11 is 2.59.